The first kappa shape index (κ1) is 59.9. The molecule has 0 aliphatic rings. The van der Waals surface area contributed by atoms with E-state index >= 15 is 0 Å². The predicted molar refractivity (Wildman–Crippen MR) is 263 cm³/mol. The Kier molecular flexibility index (Phi) is 26.3. The average molecular weight is 1130 g/mol. The minimum atomic E-state index is -1.05. The molecule has 8 aromatic rings. The van der Waals surface area contributed by atoms with Gasteiger partial charge in [0.15, 0.2) is 28.5 Å². The topological polar surface area (TPSA) is 407 Å². The molecule has 0 atom stereocenters. The Morgan fingerprint density at radius 3 is 1.46 bits per heavy atom. The van der Waals surface area contributed by atoms with Gasteiger partial charge in [-0.15, -0.1) is 0 Å². The Morgan fingerprint density at radius 1 is 0.581 bits per heavy atom. The summed E-state index contributed by atoms with van der Waals surface area (Å²) in [7, 11) is 3.50. The number of halogens is 1. The fourth-order valence-corrected chi connectivity index (χ4v) is 4.86. The molecule has 0 fully saturated rings. The smallest absolute Gasteiger partial charge is 0.381 e. The molecule has 74 heavy (non-hydrogen) atoms. The van der Waals surface area contributed by atoms with Gasteiger partial charge in [0, 0.05) is 50.3 Å². The molecule has 8 aromatic heterocycles. The highest BCUT2D eigenvalue weighted by molar-refractivity contribution is 14.1. The molecule has 0 amide bonds. The lowest BCUT2D eigenvalue weighted by Gasteiger charge is -2.02. The van der Waals surface area contributed by atoms with Crippen LogP contribution in [0.4, 0.5) is 0 Å². The van der Waals surface area contributed by atoms with Crippen molar-refractivity contribution in [3.63, 3.8) is 0 Å². The lowest BCUT2D eigenvalue weighted by atomic mass is 10.2. The maximum Gasteiger partial charge on any atom is 0.381 e. The normalized spacial score (nSPS) is 9.59. The summed E-state index contributed by atoms with van der Waals surface area (Å²) < 4.78 is 18.5. The molecule has 382 valence electrons. The second-order valence-corrected chi connectivity index (χ2v) is 13.8. The van der Waals surface area contributed by atoms with Crippen molar-refractivity contribution in [3.8, 4) is 40.6 Å². The van der Waals surface area contributed by atoms with Crippen LogP contribution in [0.3, 0.4) is 0 Å². The Balaban J connectivity index is 0.000000299. The molecule has 0 aliphatic carbocycles. The van der Waals surface area contributed by atoms with Gasteiger partial charge in [0.2, 0.25) is 11.4 Å². The fourth-order valence-electron chi connectivity index (χ4n) is 4.51. The summed E-state index contributed by atoms with van der Waals surface area (Å²) in [5, 5.41) is 76.7. The lowest BCUT2D eigenvalue weighted by Crippen LogP contribution is -2.18. The number of ketones is 2. The molecule has 0 bridgehead atoms. The van der Waals surface area contributed by atoms with Crippen LogP contribution in [0.5, 0.6) is 34.5 Å². The van der Waals surface area contributed by atoms with Gasteiger partial charge in [0.05, 0.1) is 27.5 Å². The summed E-state index contributed by atoms with van der Waals surface area (Å²) in [5.74, 6) is -3.92. The van der Waals surface area contributed by atoms with E-state index in [1.54, 1.807) is 73.2 Å². The van der Waals surface area contributed by atoms with Gasteiger partial charge in [-0.1, -0.05) is 10.3 Å². The number of rotatable bonds is 6. The number of Topliss-reactive ketones (excluding diaryl/α,β-unsaturated/α-hetero) is 2. The molecule has 0 saturated heterocycles. The summed E-state index contributed by atoms with van der Waals surface area (Å²) in [6.45, 7) is 1.36. The Hall–Kier alpha value is -10.2. The highest BCUT2D eigenvalue weighted by atomic mass is 127. The van der Waals surface area contributed by atoms with Gasteiger partial charge in [-0.25, -0.2) is 34.3 Å². The number of methoxy groups -OCH3 is 3. The maximum atomic E-state index is 11.1. The third kappa shape index (κ3) is 20.0. The zero-order chi connectivity index (χ0) is 55.0. The number of carbonyl (C=O) groups excluding carboxylic acids is 5. The van der Waals surface area contributed by atoms with Crippen LogP contribution in [-0.2, 0) is 23.8 Å². The Morgan fingerprint density at radius 2 is 1.07 bits per heavy atom. The number of oxime groups is 1. The van der Waals surface area contributed by atoms with E-state index in [1.807, 2.05) is 22.6 Å². The number of hydrogen-bond acceptors (Lipinski definition) is 26. The van der Waals surface area contributed by atoms with Crippen LogP contribution in [0.15, 0.2) is 144 Å². The van der Waals surface area contributed by atoms with Crippen molar-refractivity contribution in [3.05, 3.63) is 167 Å². The van der Waals surface area contributed by atoms with Gasteiger partial charge in [0.1, 0.15) is 55.4 Å². The van der Waals surface area contributed by atoms with Gasteiger partial charge in [-0.3, -0.25) is 24.5 Å². The maximum absolute atomic E-state index is 11.1. The number of aromatic nitrogens is 8. The number of nitriles is 1. The van der Waals surface area contributed by atoms with Crippen molar-refractivity contribution in [1.29, 1.82) is 5.26 Å². The van der Waals surface area contributed by atoms with Crippen molar-refractivity contribution in [1.82, 2.24) is 40.0 Å². The van der Waals surface area contributed by atoms with Crippen molar-refractivity contribution < 1.29 is 78.6 Å². The Bertz CT molecular complexity index is 3150. The number of carbonyl (C=O) groups is 5. The first-order valence-corrected chi connectivity index (χ1v) is 21.1. The van der Waals surface area contributed by atoms with E-state index in [0.29, 0.717) is 14.8 Å². The van der Waals surface area contributed by atoms with E-state index in [1.165, 1.54) is 81.4 Å². The summed E-state index contributed by atoms with van der Waals surface area (Å²) in [6, 6.07) is 23.2. The van der Waals surface area contributed by atoms with Crippen molar-refractivity contribution in [2.45, 2.75) is 6.92 Å². The lowest BCUT2D eigenvalue weighted by molar-refractivity contribution is -0.135. The average Bonchev–Trinajstić information content (AvgIpc) is 3.86. The number of aromatic hydroxyl groups is 6. The molecule has 0 saturated carbocycles. The molecular weight excluding hydrogens is 1090 g/mol. The first-order chi connectivity index (χ1) is 35.4. The monoisotopic (exact) mass is 1130 g/mol. The summed E-state index contributed by atoms with van der Waals surface area (Å²) >= 11 is 1.96. The van der Waals surface area contributed by atoms with Gasteiger partial charge >= 0.3 is 17.9 Å². The molecule has 26 nitrogen and oxygen atoms in total. The molecular formula is C47H41IN10O16. The van der Waals surface area contributed by atoms with Crippen LogP contribution in [0.25, 0.3) is 11.1 Å². The van der Waals surface area contributed by atoms with E-state index in [0.717, 1.165) is 14.2 Å². The number of esters is 3. The van der Waals surface area contributed by atoms with Gasteiger partial charge in [-0.2, -0.15) is 5.26 Å². The number of nitrogens with zero attached hydrogens (tertiary/aromatic N) is 10. The molecule has 27 heteroatoms. The third-order valence-electron chi connectivity index (χ3n) is 7.87. The van der Waals surface area contributed by atoms with Crippen LogP contribution in [0.1, 0.15) is 49.8 Å². The van der Waals surface area contributed by atoms with Gasteiger partial charge in [-0.05, 0) is 108 Å². The van der Waals surface area contributed by atoms with Crippen molar-refractivity contribution in [2.75, 3.05) is 21.3 Å². The van der Waals surface area contributed by atoms with E-state index in [-0.39, 0.29) is 68.7 Å². The van der Waals surface area contributed by atoms with Crippen LogP contribution in [0.2, 0.25) is 0 Å². The van der Waals surface area contributed by atoms with E-state index in [4.69, 9.17) is 40.5 Å². The molecule has 8 heterocycles. The van der Waals surface area contributed by atoms with Crippen molar-refractivity contribution >= 4 is 68.9 Å². The highest BCUT2D eigenvalue weighted by Gasteiger charge is 2.22. The van der Waals surface area contributed by atoms with Gasteiger partial charge in [0.25, 0.3) is 5.78 Å². The minimum absolute atomic E-state index is 0.0602. The largest absolute Gasteiger partial charge is 0.506 e. The number of fused-ring (bicyclic) bond motifs is 1. The van der Waals surface area contributed by atoms with Gasteiger partial charge < -0.3 is 54.6 Å². The van der Waals surface area contributed by atoms with E-state index in [2.05, 4.69) is 59.4 Å². The first-order valence-electron chi connectivity index (χ1n) is 20.0. The molecule has 8 rings (SSSR count). The van der Waals surface area contributed by atoms with Crippen LogP contribution in [0, 0.1) is 15.0 Å². The molecule has 0 unspecified atom stereocenters. The van der Waals surface area contributed by atoms with Crippen LogP contribution >= 0.6 is 22.6 Å². The summed E-state index contributed by atoms with van der Waals surface area (Å²) in [6.07, 6.45) is 11.8. The molecule has 7 N–H and O–H groups in total. The van der Waals surface area contributed by atoms with E-state index < -0.39 is 29.4 Å². The predicted octanol–water partition coefficient (Wildman–Crippen LogP) is 5.12. The summed E-state index contributed by atoms with van der Waals surface area (Å²) in [5.41, 5.74) is 0.345. The second-order valence-electron chi connectivity index (χ2n) is 12.8. The van der Waals surface area contributed by atoms with Crippen LogP contribution in [-0.4, -0.2) is 132 Å². The number of hydrogen-bond donors (Lipinski definition) is 7. The number of ether oxygens (including phenoxy) is 3. The fraction of sp³-hybridized carbons (Fsp3) is 0.0851. The summed E-state index contributed by atoms with van der Waals surface area (Å²) in [4.78, 5) is 80.5. The zero-order valence-corrected chi connectivity index (χ0v) is 41.0. The molecule has 0 aliphatic heterocycles. The minimum Gasteiger partial charge on any atom is -0.506 e. The molecule has 0 aromatic carbocycles. The highest BCUT2D eigenvalue weighted by Crippen LogP contribution is 2.17. The quantitative estimate of drug-likeness (QED) is 0.0131. The zero-order valence-electron chi connectivity index (χ0n) is 38.9. The van der Waals surface area contributed by atoms with E-state index in [9.17, 15) is 29.1 Å². The third-order valence-corrected chi connectivity index (χ3v) is 8.70. The standard InChI is InChI=1S/C8H8N2O4.C8H6N2O3.C8H7NO4.C7H7NO2.C6H4N2O.C5H4INO.C5H5NO/c1-14-8(12)7(10-13)6-5(11)3-2-4-9-6;1-12-8(11)7-6-5(13-10-7)3-2-4-9-6;1-13-8(12)7(11)6-5(10)3-2-4-9-6;1-5(9)7-6(10)3-2-4-8-7;7-4-5-6(9)2-1-3-8-5;6-5-4(8)2-1-3-7-5;7-5-2-1-3-6-4-5/h2-4,11,13H,1H3;2-4H,1H3;2-4,10H,1H3;2-4,10H,1H3;1-3,9H;1-3,8H;1-4,7H/b10-7-;;;;;;. The second kappa shape index (κ2) is 32.5. The SMILES string of the molecule is CC(=O)c1ncccc1O.COC(=O)/C(=N\O)c1ncccc1O.COC(=O)C(=O)c1ncccc1O.COC(=O)c1noc2cccnc12.N#Cc1ncccc1O.Oc1cccnc1.Oc1cccnc1I. The molecule has 0 radical (unpaired) electrons. The van der Waals surface area contributed by atoms with Crippen molar-refractivity contribution in [2.24, 2.45) is 5.16 Å². The molecule has 0 spiro atoms. The number of pyridine rings is 7. The van der Waals surface area contributed by atoms with Crippen LogP contribution < -0.4 is 0 Å². The Labute approximate surface area is 431 Å².